The van der Waals surface area contributed by atoms with Crippen LogP contribution in [0.5, 0.6) is 17.2 Å². The van der Waals surface area contributed by atoms with Crippen LogP contribution in [0.2, 0.25) is 0 Å². The van der Waals surface area contributed by atoms with Gasteiger partial charge in [0.25, 0.3) is 0 Å². The number of hydrogen-bond acceptors (Lipinski definition) is 18. The molecule has 1 radical (unpaired) electrons. The molecule has 20 nitrogen and oxygen atoms in total. The van der Waals surface area contributed by atoms with Gasteiger partial charge in [0.05, 0.1) is 27.5 Å². The number of allylic oxidation sites excluding steroid dienone is 1. The average Bonchev–Trinajstić information content (AvgIpc) is 3.13. The summed E-state index contributed by atoms with van der Waals surface area (Å²) in [5.41, 5.74) is -0.556. The molecule has 1 aliphatic rings. The molecule has 3 N–H and O–H groups in total. The van der Waals surface area contributed by atoms with Crippen LogP contribution >= 0.6 is 0 Å². The number of nitrogens with one attached hydrogen (secondary N) is 3. The summed E-state index contributed by atoms with van der Waals surface area (Å²) in [6, 6.07) is 15.5. The second-order valence-corrected chi connectivity index (χ2v) is 15.7. The number of methoxy groups -OCH3 is 1. The van der Waals surface area contributed by atoms with E-state index >= 15 is 0 Å². The zero-order chi connectivity index (χ0) is 41.4. The van der Waals surface area contributed by atoms with Crippen molar-refractivity contribution in [1.29, 1.82) is 0 Å². The van der Waals surface area contributed by atoms with Crippen LogP contribution in [0.4, 0.5) is 33.2 Å². The largest absolute Gasteiger partial charge is 2.00 e. The van der Waals surface area contributed by atoms with Crippen molar-refractivity contribution in [2.45, 2.75) is 9.79 Å². The molecule has 5 aromatic carbocycles. The van der Waals surface area contributed by atoms with Gasteiger partial charge in [-0.3, -0.25) is 10.2 Å². The number of benzene rings is 5. The number of ketones is 1. The SMILES string of the molecule is COc1ccccc1N=Nc1c(S(=O)(=O)[O-])cc2cc(NC(=O)Nc3ccc4c(c3)C=C(S(=O)(=O)[O-])C(=NNc3cc(S(=O)(=O)[O-])ccc3[O-])C4=O)ccc2c1[O-].[Cu+2].[Na+].[Na+].[Na+]. The smallest absolute Gasteiger partial charge is 0.871 e. The molecule has 27 heteroatoms. The van der Waals surface area contributed by atoms with Crippen molar-refractivity contribution in [3.05, 3.63) is 101 Å². The van der Waals surface area contributed by atoms with Gasteiger partial charge >= 0.3 is 112 Å². The van der Waals surface area contributed by atoms with Gasteiger partial charge in [-0.1, -0.05) is 35.8 Å². The first-order chi connectivity index (χ1) is 26.7. The molecule has 0 bridgehead atoms. The number of amides is 2. The maximum atomic E-state index is 13.3. The topological polar surface area (TPSA) is 334 Å². The normalized spacial score (nSPS) is 13.1. The zero-order valence-corrected chi connectivity index (χ0v) is 41.1. The Balaban J connectivity index is 0.00000320. The minimum atomic E-state index is -5.43. The number of rotatable bonds is 10. The predicted molar refractivity (Wildman–Crippen MR) is 195 cm³/mol. The number of anilines is 3. The van der Waals surface area contributed by atoms with Crippen LogP contribution in [0, 0.1) is 0 Å². The number of hydrazone groups is 1. The molecule has 1 aliphatic carbocycles. The standard InChI is InChI=1S/C34H26N6O14S3.Cu.3Na/c1-54-27-5-3-2-4-24(27)37-39-30-28(56(48,49)50)14-17-12-19(6-9-22(17)32(30)42)35-34(44)36-20-7-10-23-18(13-20)15-29(57(51,52)53)31(33(23)43)40-38-25-16-21(55(45,46)47)8-11-26(25)41;;;;/h2-16,38,41-42H,1H3,(H2,35,36,44)(H,45,46,47)(H,48,49,50)(H,51,52,53);;;;/q;+2;3*+1/p-5. The van der Waals surface area contributed by atoms with Crippen molar-refractivity contribution >= 4 is 93.2 Å². The van der Waals surface area contributed by atoms with E-state index in [9.17, 15) is 58.7 Å². The van der Waals surface area contributed by atoms with Gasteiger partial charge in [0.15, 0.2) is 0 Å². The fourth-order valence-corrected chi connectivity index (χ4v) is 7.18. The Hall–Kier alpha value is -3.24. The van der Waals surface area contributed by atoms with Crippen LogP contribution in [0.15, 0.2) is 115 Å². The Morgan fingerprint density at radius 2 is 1.38 bits per heavy atom. The van der Waals surface area contributed by atoms with Gasteiger partial charge in [-0.25, -0.2) is 30.0 Å². The number of fused-ring (bicyclic) bond motifs is 2. The van der Waals surface area contributed by atoms with Gasteiger partial charge in [-0.2, -0.15) is 5.10 Å². The minimum Gasteiger partial charge on any atom is -0.871 e. The first-order valence-corrected chi connectivity index (χ1v) is 19.8. The van der Waals surface area contributed by atoms with Crippen LogP contribution in [-0.4, -0.2) is 63.5 Å². The van der Waals surface area contributed by atoms with Crippen LogP contribution in [0.25, 0.3) is 16.8 Å². The molecular formula is C34H21CuN6Na3O14S3. The van der Waals surface area contributed by atoms with Crippen LogP contribution in [0.3, 0.4) is 0 Å². The van der Waals surface area contributed by atoms with Crippen LogP contribution in [0.1, 0.15) is 15.9 Å². The Kier molecular flexibility index (Phi) is 18.9. The van der Waals surface area contributed by atoms with E-state index in [4.69, 9.17) is 4.74 Å². The van der Waals surface area contributed by atoms with E-state index in [1.165, 1.54) is 37.4 Å². The maximum absolute atomic E-state index is 13.3. The number of carbonyl (C=O) groups excluding carboxylic acids is 2. The van der Waals surface area contributed by atoms with Crippen molar-refractivity contribution < 1.29 is 169 Å². The van der Waals surface area contributed by atoms with E-state index < -0.39 is 85.5 Å². The molecule has 0 spiro atoms. The molecule has 5 aromatic rings. The summed E-state index contributed by atoms with van der Waals surface area (Å²) in [5, 5.41) is 41.4. The van der Waals surface area contributed by atoms with Crippen LogP contribution < -0.4 is 120 Å². The molecule has 0 saturated carbocycles. The zero-order valence-electron chi connectivity index (χ0n) is 31.7. The number of para-hydroxylation sites is 1. The average molecular weight is 966 g/mol. The molecule has 0 atom stereocenters. The van der Waals surface area contributed by atoms with E-state index in [2.05, 4.69) is 26.0 Å². The van der Waals surface area contributed by atoms with Gasteiger partial charge < -0.3 is 39.2 Å². The Bertz CT molecular complexity index is 2990. The summed E-state index contributed by atoms with van der Waals surface area (Å²) in [4.78, 5) is 23.3. The van der Waals surface area contributed by atoms with E-state index in [0.29, 0.717) is 12.1 Å². The van der Waals surface area contributed by atoms with Gasteiger partial charge in [0.1, 0.15) is 47.5 Å². The summed E-state index contributed by atoms with van der Waals surface area (Å²) in [7, 11) is -14.4. The quantitative estimate of drug-likeness (QED) is 0.0509. The molecule has 0 saturated heterocycles. The molecule has 0 aliphatic heterocycles. The van der Waals surface area contributed by atoms with E-state index in [1.54, 1.807) is 18.2 Å². The molecule has 0 fully saturated rings. The molecule has 303 valence electrons. The third-order valence-electron chi connectivity index (χ3n) is 7.99. The molecule has 0 unspecified atom stereocenters. The summed E-state index contributed by atoms with van der Waals surface area (Å²) >= 11 is 0. The van der Waals surface area contributed by atoms with E-state index in [0.717, 1.165) is 30.3 Å². The monoisotopic (exact) mass is 965 g/mol. The number of ether oxygens (including phenoxy) is 1. The summed E-state index contributed by atoms with van der Waals surface area (Å²) in [6.07, 6.45) is 0.773. The third kappa shape index (κ3) is 12.5. The fourth-order valence-electron chi connectivity index (χ4n) is 5.39. The Morgan fingerprint density at radius 3 is 2.00 bits per heavy atom. The van der Waals surface area contributed by atoms with Gasteiger partial charge in [0.2, 0.25) is 5.78 Å². The molecule has 61 heavy (non-hydrogen) atoms. The first-order valence-electron chi connectivity index (χ1n) is 15.6. The van der Waals surface area contributed by atoms with Crippen molar-refractivity contribution in [2.75, 3.05) is 23.2 Å². The molecule has 6 rings (SSSR count). The Morgan fingerprint density at radius 1 is 0.738 bits per heavy atom. The first kappa shape index (κ1) is 53.9. The summed E-state index contributed by atoms with van der Waals surface area (Å²) in [6.45, 7) is 0. The van der Waals surface area contributed by atoms with Crippen molar-refractivity contribution in [1.82, 2.24) is 0 Å². The van der Waals surface area contributed by atoms with Crippen molar-refractivity contribution in [3.8, 4) is 17.2 Å². The fraction of sp³-hybridized carbons (Fsp3) is 0.0294. The number of urea groups is 1. The third-order valence-corrected chi connectivity index (χ3v) is 10.5. The van der Waals surface area contributed by atoms with Crippen molar-refractivity contribution in [2.24, 2.45) is 15.3 Å². The molecule has 2 amide bonds. The van der Waals surface area contributed by atoms with E-state index in [1.807, 2.05) is 5.43 Å². The molecule has 0 aromatic heterocycles. The van der Waals surface area contributed by atoms with Crippen molar-refractivity contribution in [3.63, 3.8) is 0 Å². The second kappa shape index (κ2) is 21.4. The molecule has 0 heterocycles. The number of Topliss-reactive ketones (excluding diaryl/α,β-unsaturated/α-hetero) is 1. The maximum Gasteiger partial charge on any atom is 2.00 e. The summed E-state index contributed by atoms with van der Waals surface area (Å²) < 4.78 is 112. The van der Waals surface area contributed by atoms with Gasteiger partial charge in [0, 0.05) is 22.6 Å². The second-order valence-electron chi connectivity index (χ2n) is 11.7. The number of nitrogens with zero attached hydrogens (tertiary/aromatic N) is 3. The summed E-state index contributed by atoms with van der Waals surface area (Å²) in [5.74, 6) is -2.70. The van der Waals surface area contributed by atoms with E-state index in [-0.39, 0.29) is 150 Å². The number of carbonyl (C=O) groups is 2. The molecular weight excluding hydrogens is 945 g/mol. The number of azo groups is 1. The number of hydrogen-bond donors (Lipinski definition) is 3. The predicted octanol–water partition coefficient (Wildman–Crippen LogP) is -5.58. The van der Waals surface area contributed by atoms with Crippen LogP contribution in [-0.2, 0) is 47.4 Å². The van der Waals surface area contributed by atoms with Gasteiger partial charge in [-0.05, 0) is 83.1 Å². The Labute approximate surface area is 423 Å². The minimum absolute atomic E-state index is 0. The van der Waals surface area contributed by atoms with Gasteiger partial charge in [-0.15, -0.1) is 10.2 Å².